The predicted molar refractivity (Wildman–Crippen MR) is 112 cm³/mol. The number of rotatable bonds is 5. The van der Waals surface area contributed by atoms with Crippen LogP contribution in [0.3, 0.4) is 0 Å². The summed E-state index contributed by atoms with van der Waals surface area (Å²) in [6, 6.07) is 17.9. The lowest BCUT2D eigenvalue weighted by molar-refractivity contribution is 0.413. The van der Waals surface area contributed by atoms with Gasteiger partial charge < -0.3 is 9.64 Å². The van der Waals surface area contributed by atoms with Crippen LogP contribution in [-0.2, 0) is 19.5 Å². The second kappa shape index (κ2) is 7.89. The molecule has 0 atom stereocenters. The second-order valence-electron chi connectivity index (χ2n) is 7.08. The first-order valence-electron chi connectivity index (χ1n) is 9.78. The Morgan fingerprint density at radius 1 is 1.11 bits per heavy atom. The van der Waals surface area contributed by atoms with E-state index in [0.29, 0.717) is 6.67 Å². The van der Waals surface area contributed by atoms with Gasteiger partial charge in [-0.05, 0) is 48.6 Å². The molecule has 0 fully saturated rings. The standard InChI is InChI=1S/C23H25N3O2/c1-3-17-15-22(27)26(24-23(17)18-8-5-4-6-9-18)16-25-13-7-10-19-14-20(28-2)11-12-21(19)25/h4-6,8-9,11-12,14-15H,3,7,10,13,16H2,1-2H3. The van der Waals surface area contributed by atoms with Gasteiger partial charge in [-0.1, -0.05) is 37.3 Å². The first-order valence-corrected chi connectivity index (χ1v) is 9.78. The van der Waals surface area contributed by atoms with Crippen LogP contribution in [0.25, 0.3) is 11.3 Å². The van der Waals surface area contributed by atoms with Crippen LogP contribution in [0.1, 0.15) is 24.5 Å². The van der Waals surface area contributed by atoms with E-state index in [1.54, 1.807) is 17.9 Å². The van der Waals surface area contributed by atoms with E-state index in [4.69, 9.17) is 9.84 Å². The third-order valence-electron chi connectivity index (χ3n) is 5.31. The highest BCUT2D eigenvalue weighted by atomic mass is 16.5. The van der Waals surface area contributed by atoms with E-state index in [2.05, 4.69) is 24.0 Å². The van der Waals surface area contributed by atoms with Crippen LogP contribution < -0.4 is 15.2 Å². The number of benzene rings is 2. The van der Waals surface area contributed by atoms with E-state index >= 15 is 0 Å². The Bertz CT molecular complexity index is 1030. The highest BCUT2D eigenvalue weighted by Crippen LogP contribution is 2.30. The number of aryl methyl sites for hydroxylation is 2. The predicted octanol–water partition coefficient (Wildman–Crippen LogP) is 3.89. The molecular formula is C23H25N3O2. The Morgan fingerprint density at radius 2 is 1.93 bits per heavy atom. The van der Waals surface area contributed by atoms with Crippen molar-refractivity contribution < 1.29 is 4.74 Å². The lowest BCUT2D eigenvalue weighted by Crippen LogP contribution is -2.37. The summed E-state index contributed by atoms with van der Waals surface area (Å²) in [6.07, 6.45) is 2.85. The number of aromatic nitrogens is 2. The van der Waals surface area contributed by atoms with Crippen LogP contribution in [0.2, 0.25) is 0 Å². The largest absolute Gasteiger partial charge is 0.497 e. The van der Waals surface area contributed by atoms with Gasteiger partial charge in [0.15, 0.2) is 0 Å². The van der Waals surface area contributed by atoms with Gasteiger partial charge in [-0.2, -0.15) is 5.10 Å². The molecule has 1 aliphatic rings. The van der Waals surface area contributed by atoms with Crippen molar-refractivity contribution in [1.82, 2.24) is 9.78 Å². The van der Waals surface area contributed by atoms with Crippen LogP contribution in [0, 0.1) is 0 Å². The molecule has 0 aliphatic carbocycles. The Kier molecular flexibility index (Phi) is 5.15. The molecule has 1 aromatic heterocycles. The molecule has 5 nitrogen and oxygen atoms in total. The molecule has 28 heavy (non-hydrogen) atoms. The molecule has 4 rings (SSSR count). The molecule has 0 radical (unpaired) electrons. The second-order valence-corrected chi connectivity index (χ2v) is 7.08. The van der Waals surface area contributed by atoms with Crippen LogP contribution in [0.4, 0.5) is 5.69 Å². The van der Waals surface area contributed by atoms with Crippen molar-refractivity contribution in [3.05, 3.63) is 76.1 Å². The van der Waals surface area contributed by atoms with E-state index < -0.39 is 0 Å². The summed E-state index contributed by atoms with van der Waals surface area (Å²) >= 11 is 0. The molecule has 3 aromatic rings. The topological polar surface area (TPSA) is 47.4 Å². The SMILES string of the molecule is CCc1cc(=O)n(CN2CCCc3cc(OC)ccc32)nc1-c1ccccc1. The van der Waals surface area contributed by atoms with Gasteiger partial charge in [0.25, 0.3) is 5.56 Å². The fourth-order valence-corrected chi connectivity index (χ4v) is 3.82. The van der Waals surface area contributed by atoms with Crippen molar-refractivity contribution in [2.45, 2.75) is 32.9 Å². The molecule has 0 bridgehead atoms. The number of hydrogen-bond donors (Lipinski definition) is 0. The van der Waals surface area contributed by atoms with Gasteiger partial charge in [-0.25, -0.2) is 4.68 Å². The molecule has 0 saturated carbocycles. The number of methoxy groups -OCH3 is 1. The highest BCUT2D eigenvalue weighted by Gasteiger charge is 2.19. The Hall–Kier alpha value is -3.08. The van der Waals surface area contributed by atoms with Crippen molar-refractivity contribution in [3.8, 4) is 17.0 Å². The fraction of sp³-hybridized carbons (Fsp3) is 0.304. The van der Waals surface area contributed by atoms with Crippen molar-refractivity contribution in [3.63, 3.8) is 0 Å². The summed E-state index contributed by atoms with van der Waals surface area (Å²) in [7, 11) is 1.69. The van der Waals surface area contributed by atoms with Gasteiger partial charge in [-0.3, -0.25) is 4.79 Å². The summed E-state index contributed by atoms with van der Waals surface area (Å²) in [6.45, 7) is 3.41. The third kappa shape index (κ3) is 3.52. The third-order valence-corrected chi connectivity index (χ3v) is 5.31. The van der Waals surface area contributed by atoms with E-state index in [1.807, 2.05) is 36.4 Å². The minimum atomic E-state index is -0.0582. The zero-order chi connectivity index (χ0) is 19.5. The monoisotopic (exact) mass is 375 g/mol. The maximum absolute atomic E-state index is 12.7. The molecule has 0 amide bonds. The van der Waals surface area contributed by atoms with Crippen molar-refractivity contribution >= 4 is 5.69 Å². The Labute approximate surface area is 165 Å². The summed E-state index contributed by atoms with van der Waals surface area (Å²) in [5.74, 6) is 0.870. The lowest BCUT2D eigenvalue weighted by atomic mass is 10.0. The molecule has 144 valence electrons. The van der Waals surface area contributed by atoms with E-state index in [1.165, 1.54) is 5.56 Å². The fourth-order valence-electron chi connectivity index (χ4n) is 3.82. The molecule has 2 aromatic carbocycles. The molecule has 2 heterocycles. The van der Waals surface area contributed by atoms with E-state index in [0.717, 1.165) is 54.1 Å². The van der Waals surface area contributed by atoms with Crippen LogP contribution in [0.15, 0.2) is 59.4 Å². The average molecular weight is 375 g/mol. The van der Waals surface area contributed by atoms with E-state index in [-0.39, 0.29) is 5.56 Å². The van der Waals surface area contributed by atoms with Crippen LogP contribution >= 0.6 is 0 Å². The molecule has 0 saturated heterocycles. The number of anilines is 1. The van der Waals surface area contributed by atoms with Crippen LogP contribution in [-0.4, -0.2) is 23.4 Å². The highest BCUT2D eigenvalue weighted by molar-refractivity contribution is 5.62. The first kappa shape index (κ1) is 18.3. The lowest BCUT2D eigenvalue weighted by Gasteiger charge is -2.31. The Morgan fingerprint density at radius 3 is 2.68 bits per heavy atom. The summed E-state index contributed by atoms with van der Waals surface area (Å²) < 4.78 is 6.94. The van der Waals surface area contributed by atoms with Gasteiger partial charge in [0.05, 0.1) is 12.8 Å². The van der Waals surface area contributed by atoms with Gasteiger partial charge in [0.1, 0.15) is 12.4 Å². The number of ether oxygens (including phenoxy) is 1. The molecule has 0 N–H and O–H groups in total. The molecule has 0 spiro atoms. The maximum atomic E-state index is 12.7. The minimum absolute atomic E-state index is 0.0582. The summed E-state index contributed by atoms with van der Waals surface area (Å²) in [5, 5.41) is 4.75. The van der Waals surface area contributed by atoms with Gasteiger partial charge in [0.2, 0.25) is 0 Å². The zero-order valence-electron chi connectivity index (χ0n) is 16.4. The van der Waals surface area contributed by atoms with Crippen LogP contribution in [0.5, 0.6) is 5.75 Å². The Balaban J connectivity index is 1.71. The quantitative estimate of drug-likeness (QED) is 0.679. The normalized spacial score (nSPS) is 13.3. The van der Waals surface area contributed by atoms with Gasteiger partial charge in [0, 0.05) is 23.9 Å². The first-order chi connectivity index (χ1) is 13.7. The van der Waals surface area contributed by atoms with Crippen molar-refractivity contribution in [2.24, 2.45) is 0 Å². The number of hydrogen-bond acceptors (Lipinski definition) is 4. The van der Waals surface area contributed by atoms with Crippen molar-refractivity contribution in [2.75, 3.05) is 18.6 Å². The minimum Gasteiger partial charge on any atom is -0.497 e. The average Bonchev–Trinajstić information content (AvgIpc) is 2.75. The molecule has 1 aliphatic heterocycles. The van der Waals surface area contributed by atoms with E-state index in [9.17, 15) is 4.79 Å². The summed E-state index contributed by atoms with van der Waals surface area (Å²) in [5.41, 5.74) is 5.26. The molecular weight excluding hydrogens is 350 g/mol. The molecule has 0 unspecified atom stereocenters. The number of nitrogens with zero attached hydrogens (tertiary/aromatic N) is 3. The van der Waals surface area contributed by atoms with Gasteiger partial charge >= 0.3 is 0 Å². The summed E-state index contributed by atoms with van der Waals surface area (Å²) in [4.78, 5) is 15.0. The number of fused-ring (bicyclic) bond motifs is 1. The maximum Gasteiger partial charge on any atom is 0.268 e. The molecule has 5 heteroatoms. The van der Waals surface area contributed by atoms with Gasteiger partial charge in [-0.15, -0.1) is 0 Å². The van der Waals surface area contributed by atoms with Crippen molar-refractivity contribution in [1.29, 1.82) is 0 Å². The zero-order valence-corrected chi connectivity index (χ0v) is 16.4. The smallest absolute Gasteiger partial charge is 0.268 e.